The highest BCUT2D eigenvalue weighted by Gasteiger charge is 2.24. The van der Waals surface area contributed by atoms with Crippen LogP contribution < -0.4 is 0 Å². The number of carbonyl (C=O) groups excluding carboxylic acids is 1. The quantitative estimate of drug-likeness (QED) is 0.866. The summed E-state index contributed by atoms with van der Waals surface area (Å²) in [5, 5.41) is 4.00. The molecule has 6 heteroatoms. The highest BCUT2D eigenvalue weighted by atomic mass is 16.5. The second-order valence-electron chi connectivity index (χ2n) is 6.04. The van der Waals surface area contributed by atoms with Crippen LogP contribution in [0.5, 0.6) is 0 Å². The average molecular weight is 314 g/mol. The molecule has 1 fully saturated rings. The van der Waals surface area contributed by atoms with Gasteiger partial charge in [0.15, 0.2) is 0 Å². The molecule has 0 spiro atoms. The Balaban J connectivity index is 1.59. The number of nitrogens with zero attached hydrogens (tertiary/aromatic N) is 4. The molecule has 0 radical (unpaired) electrons. The van der Waals surface area contributed by atoms with Crippen LogP contribution in [0.4, 0.5) is 0 Å². The normalized spacial score (nSPS) is 15.9. The fourth-order valence-electron chi connectivity index (χ4n) is 2.88. The highest BCUT2D eigenvalue weighted by molar-refractivity contribution is 5.92. The molecule has 1 amide bonds. The second kappa shape index (κ2) is 6.50. The number of rotatable bonds is 3. The fraction of sp³-hybridized carbons (Fsp3) is 0.471. The Hall–Kier alpha value is -2.21. The SMILES string of the molecule is Cc1cccc(C(=O)N2CCN(Cc3c(C)noc3C)CC2)n1. The van der Waals surface area contributed by atoms with Crippen LogP contribution in [0.3, 0.4) is 0 Å². The lowest BCUT2D eigenvalue weighted by atomic mass is 10.1. The molecular weight excluding hydrogens is 292 g/mol. The van der Waals surface area contributed by atoms with Gasteiger partial charge in [0.1, 0.15) is 11.5 Å². The molecule has 0 aliphatic carbocycles. The number of aryl methyl sites for hydroxylation is 3. The molecule has 2 aromatic rings. The van der Waals surface area contributed by atoms with Gasteiger partial charge in [-0.25, -0.2) is 4.98 Å². The first kappa shape index (κ1) is 15.7. The van der Waals surface area contributed by atoms with Gasteiger partial charge in [-0.1, -0.05) is 11.2 Å². The zero-order chi connectivity index (χ0) is 16.4. The van der Waals surface area contributed by atoms with Gasteiger partial charge in [-0.05, 0) is 32.9 Å². The number of piperazine rings is 1. The van der Waals surface area contributed by atoms with Crippen molar-refractivity contribution < 1.29 is 9.32 Å². The Morgan fingerprint density at radius 2 is 1.91 bits per heavy atom. The lowest BCUT2D eigenvalue weighted by Crippen LogP contribution is -2.48. The molecule has 1 saturated heterocycles. The minimum absolute atomic E-state index is 0.0192. The standard InChI is InChI=1S/C17H22N4O2/c1-12-5-4-6-16(18-12)17(22)21-9-7-20(8-10-21)11-15-13(2)19-23-14(15)3/h4-6H,7-11H2,1-3H3. The summed E-state index contributed by atoms with van der Waals surface area (Å²) in [5.41, 5.74) is 3.51. The third-order valence-electron chi connectivity index (χ3n) is 4.33. The Labute approximate surface area is 136 Å². The van der Waals surface area contributed by atoms with E-state index in [0.29, 0.717) is 5.69 Å². The fourth-order valence-corrected chi connectivity index (χ4v) is 2.88. The van der Waals surface area contributed by atoms with Gasteiger partial charge in [0.25, 0.3) is 5.91 Å². The van der Waals surface area contributed by atoms with Crippen LogP contribution in [-0.4, -0.2) is 52.0 Å². The van der Waals surface area contributed by atoms with Gasteiger partial charge in [0.2, 0.25) is 0 Å². The molecule has 3 heterocycles. The lowest BCUT2D eigenvalue weighted by molar-refractivity contribution is 0.0621. The minimum Gasteiger partial charge on any atom is -0.361 e. The molecule has 23 heavy (non-hydrogen) atoms. The molecule has 0 atom stereocenters. The van der Waals surface area contributed by atoms with E-state index in [2.05, 4.69) is 15.0 Å². The van der Waals surface area contributed by atoms with Crippen LogP contribution in [0.1, 0.15) is 33.2 Å². The van der Waals surface area contributed by atoms with Crippen LogP contribution in [-0.2, 0) is 6.54 Å². The number of hydrogen-bond donors (Lipinski definition) is 0. The van der Waals surface area contributed by atoms with Crippen LogP contribution in [0.15, 0.2) is 22.7 Å². The molecule has 0 unspecified atom stereocenters. The summed E-state index contributed by atoms with van der Waals surface area (Å²) in [5.74, 6) is 0.899. The van der Waals surface area contributed by atoms with Crippen molar-refractivity contribution >= 4 is 5.91 Å². The zero-order valence-electron chi connectivity index (χ0n) is 13.9. The van der Waals surface area contributed by atoms with E-state index in [9.17, 15) is 4.79 Å². The molecule has 1 aliphatic heterocycles. The molecule has 0 bridgehead atoms. The van der Waals surface area contributed by atoms with Crippen molar-refractivity contribution in [1.82, 2.24) is 19.9 Å². The smallest absolute Gasteiger partial charge is 0.272 e. The molecule has 2 aromatic heterocycles. The van der Waals surface area contributed by atoms with Crippen molar-refractivity contribution in [3.63, 3.8) is 0 Å². The number of aromatic nitrogens is 2. The first-order valence-corrected chi connectivity index (χ1v) is 7.91. The molecule has 0 N–H and O–H groups in total. The van der Waals surface area contributed by atoms with Gasteiger partial charge in [-0.2, -0.15) is 0 Å². The Morgan fingerprint density at radius 3 is 2.52 bits per heavy atom. The van der Waals surface area contributed by atoms with Crippen molar-refractivity contribution in [1.29, 1.82) is 0 Å². The average Bonchev–Trinajstić information content (AvgIpc) is 2.87. The van der Waals surface area contributed by atoms with Crippen molar-refractivity contribution in [2.24, 2.45) is 0 Å². The Morgan fingerprint density at radius 1 is 1.17 bits per heavy atom. The molecule has 0 saturated carbocycles. The van der Waals surface area contributed by atoms with Crippen molar-refractivity contribution in [2.45, 2.75) is 27.3 Å². The summed E-state index contributed by atoms with van der Waals surface area (Å²) in [4.78, 5) is 21.0. The molecule has 1 aliphatic rings. The van der Waals surface area contributed by atoms with Gasteiger partial charge < -0.3 is 9.42 Å². The lowest BCUT2D eigenvalue weighted by Gasteiger charge is -2.34. The molecule has 0 aromatic carbocycles. The maximum absolute atomic E-state index is 12.5. The molecule has 3 rings (SSSR count). The number of amides is 1. The maximum atomic E-state index is 12.5. The largest absolute Gasteiger partial charge is 0.361 e. The van der Waals surface area contributed by atoms with E-state index in [1.54, 1.807) is 6.07 Å². The van der Waals surface area contributed by atoms with Crippen LogP contribution in [0.25, 0.3) is 0 Å². The monoisotopic (exact) mass is 314 g/mol. The summed E-state index contributed by atoms with van der Waals surface area (Å²) >= 11 is 0. The highest BCUT2D eigenvalue weighted by Crippen LogP contribution is 2.16. The number of carbonyl (C=O) groups is 1. The van der Waals surface area contributed by atoms with Gasteiger partial charge in [-0.3, -0.25) is 9.69 Å². The van der Waals surface area contributed by atoms with Crippen molar-refractivity contribution in [3.05, 3.63) is 46.6 Å². The van der Waals surface area contributed by atoms with E-state index >= 15 is 0 Å². The second-order valence-corrected chi connectivity index (χ2v) is 6.04. The topological polar surface area (TPSA) is 62.5 Å². The number of hydrogen-bond acceptors (Lipinski definition) is 5. The van der Waals surface area contributed by atoms with Gasteiger partial charge in [0, 0.05) is 44.0 Å². The van der Waals surface area contributed by atoms with Crippen LogP contribution >= 0.6 is 0 Å². The van der Waals surface area contributed by atoms with E-state index in [4.69, 9.17) is 4.52 Å². The first-order chi connectivity index (χ1) is 11.0. The van der Waals surface area contributed by atoms with Gasteiger partial charge in [-0.15, -0.1) is 0 Å². The number of pyridine rings is 1. The van der Waals surface area contributed by atoms with E-state index in [1.165, 1.54) is 0 Å². The van der Waals surface area contributed by atoms with Gasteiger partial charge in [0.05, 0.1) is 5.69 Å². The van der Waals surface area contributed by atoms with E-state index in [1.807, 2.05) is 37.8 Å². The Kier molecular flexibility index (Phi) is 4.43. The summed E-state index contributed by atoms with van der Waals surface area (Å²) in [6.07, 6.45) is 0. The zero-order valence-corrected chi connectivity index (χ0v) is 13.9. The van der Waals surface area contributed by atoms with Crippen LogP contribution in [0.2, 0.25) is 0 Å². The van der Waals surface area contributed by atoms with Crippen molar-refractivity contribution in [3.8, 4) is 0 Å². The van der Waals surface area contributed by atoms with Crippen LogP contribution in [0, 0.1) is 20.8 Å². The first-order valence-electron chi connectivity index (χ1n) is 7.91. The van der Waals surface area contributed by atoms with E-state index < -0.39 is 0 Å². The molecule has 122 valence electrons. The Bertz CT molecular complexity index is 683. The third-order valence-corrected chi connectivity index (χ3v) is 4.33. The maximum Gasteiger partial charge on any atom is 0.272 e. The summed E-state index contributed by atoms with van der Waals surface area (Å²) in [7, 11) is 0. The van der Waals surface area contributed by atoms with Crippen molar-refractivity contribution in [2.75, 3.05) is 26.2 Å². The summed E-state index contributed by atoms with van der Waals surface area (Å²) in [6, 6.07) is 5.56. The predicted octanol–water partition coefficient (Wildman–Crippen LogP) is 1.95. The third kappa shape index (κ3) is 3.42. The molecule has 6 nitrogen and oxygen atoms in total. The summed E-state index contributed by atoms with van der Waals surface area (Å²) < 4.78 is 5.22. The van der Waals surface area contributed by atoms with Gasteiger partial charge >= 0.3 is 0 Å². The predicted molar refractivity (Wildman–Crippen MR) is 86.1 cm³/mol. The minimum atomic E-state index is 0.0192. The van der Waals surface area contributed by atoms with E-state index in [-0.39, 0.29) is 5.91 Å². The molecular formula is C17H22N4O2. The summed E-state index contributed by atoms with van der Waals surface area (Å²) in [6.45, 7) is 9.77. The van der Waals surface area contributed by atoms with E-state index in [0.717, 1.165) is 55.4 Å².